The first-order chi connectivity index (χ1) is 21.5. The number of nitrogens with one attached hydrogen (secondary N) is 1. The van der Waals surface area contributed by atoms with Gasteiger partial charge < -0.3 is 9.64 Å². The molecule has 1 N–H and O–H groups in total. The molecule has 0 saturated carbocycles. The molecular formula is C35H33N3O5S. The number of non-ortho nitro benzene ring substituents is 1. The predicted octanol–water partition coefficient (Wildman–Crippen LogP) is 5.69. The minimum Gasteiger partial charge on any atom is -0.459 e. The number of fused-ring (bicyclic) bond motifs is 1. The van der Waals surface area contributed by atoms with Crippen LogP contribution in [0.15, 0.2) is 115 Å². The lowest BCUT2D eigenvalue weighted by Gasteiger charge is -2.38. The molecule has 3 atom stereocenters. The number of nitro groups is 1. The van der Waals surface area contributed by atoms with E-state index in [2.05, 4.69) is 78.1 Å². The molecule has 4 aromatic rings. The third-order valence-electron chi connectivity index (χ3n) is 8.46. The predicted molar refractivity (Wildman–Crippen MR) is 170 cm³/mol. The van der Waals surface area contributed by atoms with Crippen LogP contribution in [0.3, 0.4) is 0 Å². The van der Waals surface area contributed by atoms with Gasteiger partial charge in [0.2, 0.25) is 5.91 Å². The average molecular weight is 608 g/mol. The van der Waals surface area contributed by atoms with Crippen molar-refractivity contribution in [3.05, 3.63) is 148 Å². The molecule has 4 aromatic carbocycles. The number of thioether (sulfide) groups is 1. The van der Waals surface area contributed by atoms with Gasteiger partial charge in [-0.05, 0) is 40.8 Å². The summed E-state index contributed by atoms with van der Waals surface area (Å²) in [7, 11) is 0. The third-order valence-corrected chi connectivity index (χ3v) is 9.78. The summed E-state index contributed by atoms with van der Waals surface area (Å²) in [6, 6.07) is 36.6. The minimum atomic E-state index is -0.647. The smallest absolute Gasteiger partial charge is 0.330 e. The molecule has 0 aromatic heterocycles. The summed E-state index contributed by atoms with van der Waals surface area (Å²) in [6.45, 7) is 0.649. The quantitative estimate of drug-likeness (QED) is 0.0551. The van der Waals surface area contributed by atoms with Crippen molar-refractivity contribution in [3.8, 4) is 0 Å². The van der Waals surface area contributed by atoms with E-state index in [-0.39, 0.29) is 29.5 Å². The van der Waals surface area contributed by atoms with E-state index in [0.29, 0.717) is 18.5 Å². The molecule has 0 bridgehead atoms. The van der Waals surface area contributed by atoms with Crippen LogP contribution in [0.1, 0.15) is 35.1 Å². The van der Waals surface area contributed by atoms with Crippen molar-refractivity contribution in [1.82, 2.24) is 10.2 Å². The summed E-state index contributed by atoms with van der Waals surface area (Å²) < 4.78 is 5.65. The van der Waals surface area contributed by atoms with E-state index in [1.807, 2.05) is 18.2 Å². The van der Waals surface area contributed by atoms with Crippen LogP contribution in [-0.2, 0) is 26.5 Å². The summed E-state index contributed by atoms with van der Waals surface area (Å²) in [5.74, 6) is 0.265. The summed E-state index contributed by atoms with van der Waals surface area (Å²) in [5, 5.41) is 14.8. The molecule has 9 heteroatoms. The van der Waals surface area contributed by atoms with Crippen LogP contribution in [0, 0.1) is 10.1 Å². The molecular weight excluding hydrogens is 574 g/mol. The van der Waals surface area contributed by atoms with E-state index in [9.17, 15) is 19.7 Å². The van der Waals surface area contributed by atoms with Crippen LogP contribution in [0.4, 0.5) is 5.69 Å². The summed E-state index contributed by atoms with van der Waals surface area (Å²) in [6.07, 6.45) is 1.20. The normalized spacial score (nSPS) is 19.2. The first-order valence-electron chi connectivity index (χ1n) is 14.7. The van der Waals surface area contributed by atoms with E-state index in [1.165, 1.54) is 12.1 Å². The lowest BCUT2D eigenvalue weighted by atomic mass is 9.77. The molecule has 44 heavy (non-hydrogen) atoms. The van der Waals surface area contributed by atoms with Crippen LogP contribution in [0.5, 0.6) is 0 Å². The third kappa shape index (κ3) is 5.85. The van der Waals surface area contributed by atoms with Crippen LogP contribution < -0.4 is 5.32 Å². The van der Waals surface area contributed by atoms with Gasteiger partial charge in [0.15, 0.2) is 0 Å². The number of hydrogen-bond acceptors (Lipinski definition) is 7. The monoisotopic (exact) mass is 607 g/mol. The lowest BCUT2D eigenvalue weighted by molar-refractivity contribution is -0.384. The largest absolute Gasteiger partial charge is 0.459 e. The van der Waals surface area contributed by atoms with Gasteiger partial charge in [-0.1, -0.05) is 91.0 Å². The molecule has 0 spiro atoms. The fraction of sp³-hybridized carbons (Fsp3) is 0.257. The molecule has 0 radical (unpaired) electrons. The molecule has 1 unspecified atom stereocenters. The maximum absolute atomic E-state index is 13.3. The lowest BCUT2D eigenvalue weighted by Crippen LogP contribution is -2.55. The second kappa shape index (κ2) is 13.0. The van der Waals surface area contributed by atoms with Gasteiger partial charge in [0.25, 0.3) is 5.69 Å². The highest BCUT2D eigenvalue weighted by Crippen LogP contribution is 2.42. The summed E-state index contributed by atoms with van der Waals surface area (Å²) in [4.78, 5) is 38.0. The maximum Gasteiger partial charge on any atom is 0.330 e. The molecule has 224 valence electrons. The Kier molecular flexibility index (Phi) is 8.77. The molecule has 8 nitrogen and oxygen atoms in total. The molecule has 0 aliphatic carbocycles. The van der Waals surface area contributed by atoms with Gasteiger partial charge in [-0.3, -0.25) is 20.2 Å². The number of esters is 1. The Morgan fingerprint density at radius 2 is 1.43 bits per heavy atom. The Labute approximate surface area is 260 Å². The number of ether oxygens (including phenoxy) is 1. The Bertz CT molecular complexity index is 1510. The topological polar surface area (TPSA) is 102 Å². The fourth-order valence-corrected chi connectivity index (χ4v) is 7.66. The van der Waals surface area contributed by atoms with E-state index in [4.69, 9.17) is 4.74 Å². The van der Waals surface area contributed by atoms with E-state index < -0.39 is 22.5 Å². The van der Waals surface area contributed by atoms with Gasteiger partial charge in [-0.15, -0.1) is 0 Å². The van der Waals surface area contributed by atoms with Gasteiger partial charge in [0.05, 0.1) is 10.5 Å². The minimum absolute atomic E-state index is 0.00723. The zero-order valence-electron chi connectivity index (χ0n) is 24.1. The first kappa shape index (κ1) is 29.6. The maximum atomic E-state index is 13.3. The van der Waals surface area contributed by atoms with Crippen molar-refractivity contribution in [1.29, 1.82) is 0 Å². The molecule has 6 rings (SSSR count). The van der Waals surface area contributed by atoms with Crippen molar-refractivity contribution in [2.45, 2.75) is 42.3 Å². The Hall–Kier alpha value is -4.47. The number of nitrogens with zero attached hydrogens (tertiary/aromatic N) is 2. The van der Waals surface area contributed by atoms with Crippen LogP contribution >= 0.6 is 11.8 Å². The van der Waals surface area contributed by atoms with Crippen molar-refractivity contribution < 1.29 is 19.2 Å². The zero-order valence-corrected chi connectivity index (χ0v) is 24.9. The van der Waals surface area contributed by atoms with Crippen LogP contribution in [0.2, 0.25) is 0 Å². The van der Waals surface area contributed by atoms with Crippen molar-refractivity contribution in [2.24, 2.45) is 0 Å². The molecule has 2 aliphatic heterocycles. The fourth-order valence-electron chi connectivity index (χ4n) is 6.35. The van der Waals surface area contributed by atoms with Crippen LogP contribution in [-0.4, -0.2) is 51.3 Å². The molecule has 2 aliphatic rings. The average Bonchev–Trinajstić information content (AvgIpc) is 3.37. The number of amides is 1. The molecule has 2 saturated heterocycles. The number of carbonyl (C=O) groups is 2. The van der Waals surface area contributed by atoms with Gasteiger partial charge in [0, 0.05) is 42.1 Å². The highest BCUT2D eigenvalue weighted by atomic mass is 32.2. The summed E-state index contributed by atoms with van der Waals surface area (Å²) >= 11 is 1.69. The number of nitro benzene ring substituents is 1. The van der Waals surface area contributed by atoms with Gasteiger partial charge in [0.1, 0.15) is 12.6 Å². The van der Waals surface area contributed by atoms with E-state index in [0.717, 1.165) is 28.9 Å². The number of carbonyl (C=O) groups excluding carboxylic acids is 2. The number of benzene rings is 4. The van der Waals surface area contributed by atoms with Crippen molar-refractivity contribution in [2.75, 3.05) is 12.3 Å². The van der Waals surface area contributed by atoms with Gasteiger partial charge in [-0.25, -0.2) is 4.79 Å². The van der Waals surface area contributed by atoms with Crippen molar-refractivity contribution >= 4 is 29.3 Å². The molecule has 2 heterocycles. The molecule has 2 fully saturated rings. The highest BCUT2D eigenvalue weighted by Gasteiger charge is 2.54. The van der Waals surface area contributed by atoms with Gasteiger partial charge >= 0.3 is 5.97 Å². The summed E-state index contributed by atoms with van der Waals surface area (Å²) in [5.41, 5.74) is 3.44. The number of β-lactam (4-membered cyclic amide) rings is 1. The standard InChI is InChI=1S/C35H33N3O5S/c39-32-23-30-22-31(33(37(30)32)34(40)43-24-25-16-18-29(19-17-25)38(41)42)44-21-20-36-35(26-10-4-1-5-11-26,27-12-6-2-7-13-27)28-14-8-3-9-15-28/h1-19,30-31,33,36H,20-24H2/t30?,31-,33-/m1/s1. The number of hydrogen-bond donors (Lipinski definition) is 1. The highest BCUT2D eigenvalue weighted by molar-refractivity contribution is 8.00. The number of rotatable bonds is 12. The Balaban J connectivity index is 1.16. The van der Waals surface area contributed by atoms with Crippen LogP contribution in [0.25, 0.3) is 0 Å². The van der Waals surface area contributed by atoms with E-state index in [1.54, 1.807) is 28.8 Å². The van der Waals surface area contributed by atoms with Gasteiger partial charge in [-0.2, -0.15) is 11.8 Å². The van der Waals surface area contributed by atoms with Crippen molar-refractivity contribution in [3.63, 3.8) is 0 Å². The van der Waals surface area contributed by atoms with E-state index >= 15 is 0 Å². The Morgan fingerprint density at radius 3 is 1.93 bits per heavy atom. The zero-order chi connectivity index (χ0) is 30.5. The first-order valence-corrected chi connectivity index (χ1v) is 15.8. The Morgan fingerprint density at radius 1 is 0.886 bits per heavy atom. The second-order valence-corrected chi connectivity index (χ2v) is 12.4. The SMILES string of the molecule is O=C(OCc1ccc([N+](=O)[O-])cc1)[C@H]1[C@H](SCCNC(c2ccccc2)(c2ccccc2)c2ccccc2)CC2CC(=O)N21. The molecule has 1 amide bonds. The second-order valence-electron chi connectivity index (χ2n) is 11.1.